The lowest BCUT2D eigenvalue weighted by Gasteiger charge is -2.12. The molecule has 0 aromatic heterocycles. The summed E-state index contributed by atoms with van der Waals surface area (Å²) in [6.45, 7) is 7.31. The molecule has 0 amide bonds. The second-order valence-corrected chi connectivity index (χ2v) is 5.87. The van der Waals surface area contributed by atoms with Gasteiger partial charge in [-0.2, -0.15) is 0 Å². The van der Waals surface area contributed by atoms with Crippen LogP contribution in [-0.4, -0.2) is 6.61 Å². The minimum absolute atomic E-state index is 0.558. The van der Waals surface area contributed by atoms with Crippen LogP contribution < -0.4 is 10.5 Å². The van der Waals surface area contributed by atoms with Crippen LogP contribution in [0.1, 0.15) is 42.9 Å². The van der Waals surface area contributed by atoms with E-state index in [2.05, 4.69) is 45.0 Å². The Kier molecular flexibility index (Phi) is 5.26. The maximum absolute atomic E-state index is 5.84. The Hall–Kier alpha value is -1.96. The zero-order valence-electron chi connectivity index (χ0n) is 13.2. The molecular weight excluding hydrogens is 258 g/mol. The maximum atomic E-state index is 5.84. The summed E-state index contributed by atoms with van der Waals surface area (Å²) < 4.78 is 5.84. The van der Waals surface area contributed by atoms with Crippen LogP contribution in [0.2, 0.25) is 0 Å². The molecule has 0 heterocycles. The molecule has 2 rings (SSSR count). The SMILES string of the molecule is Cc1cc(OCCCc2cccc(N)c2)ccc1C(C)C. The highest BCUT2D eigenvalue weighted by molar-refractivity contribution is 5.40. The molecule has 0 fully saturated rings. The molecule has 0 saturated carbocycles. The second-order valence-electron chi connectivity index (χ2n) is 5.87. The average Bonchev–Trinajstić information content (AvgIpc) is 2.43. The number of benzene rings is 2. The van der Waals surface area contributed by atoms with E-state index in [1.807, 2.05) is 18.2 Å². The van der Waals surface area contributed by atoms with Crippen LogP contribution in [0.15, 0.2) is 42.5 Å². The van der Waals surface area contributed by atoms with E-state index in [0.29, 0.717) is 5.92 Å². The first-order valence-corrected chi connectivity index (χ1v) is 7.64. The van der Waals surface area contributed by atoms with Crippen molar-refractivity contribution >= 4 is 5.69 Å². The smallest absolute Gasteiger partial charge is 0.119 e. The van der Waals surface area contributed by atoms with E-state index in [9.17, 15) is 0 Å². The first-order chi connectivity index (χ1) is 10.1. The fourth-order valence-electron chi connectivity index (χ4n) is 2.60. The van der Waals surface area contributed by atoms with Crippen molar-refractivity contribution in [3.8, 4) is 5.75 Å². The minimum atomic E-state index is 0.558. The molecular formula is C19H25NO. The van der Waals surface area contributed by atoms with Crippen molar-refractivity contribution in [3.05, 3.63) is 59.2 Å². The van der Waals surface area contributed by atoms with Crippen LogP contribution in [-0.2, 0) is 6.42 Å². The maximum Gasteiger partial charge on any atom is 0.119 e. The number of hydrogen-bond donors (Lipinski definition) is 1. The summed E-state index contributed by atoms with van der Waals surface area (Å²) in [7, 11) is 0. The predicted molar refractivity (Wildman–Crippen MR) is 89.9 cm³/mol. The van der Waals surface area contributed by atoms with Crippen molar-refractivity contribution in [1.82, 2.24) is 0 Å². The van der Waals surface area contributed by atoms with Gasteiger partial charge in [0.05, 0.1) is 6.61 Å². The van der Waals surface area contributed by atoms with Crippen molar-refractivity contribution < 1.29 is 4.74 Å². The number of aryl methyl sites for hydroxylation is 2. The van der Waals surface area contributed by atoms with Crippen molar-refractivity contribution in [2.75, 3.05) is 12.3 Å². The lowest BCUT2D eigenvalue weighted by Crippen LogP contribution is -2.01. The molecule has 0 atom stereocenters. The van der Waals surface area contributed by atoms with Crippen LogP contribution in [0.5, 0.6) is 5.75 Å². The highest BCUT2D eigenvalue weighted by atomic mass is 16.5. The average molecular weight is 283 g/mol. The highest BCUT2D eigenvalue weighted by Gasteiger charge is 2.04. The van der Waals surface area contributed by atoms with Crippen LogP contribution >= 0.6 is 0 Å². The Balaban J connectivity index is 1.82. The number of ether oxygens (including phenoxy) is 1. The topological polar surface area (TPSA) is 35.2 Å². The van der Waals surface area contributed by atoms with Gasteiger partial charge in [-0.05, 0) is 66.6 Å². The molecule has 2 heteroatoms. The minimum Gasteiger partial charge on any atom is -0.494 e. The Morgan fingerprint density at radius 2 is 1.90 bits per heavy atom. The molecule has 0 radical (unpaired) electrons. The molecule has 2 N–H and O–H groups in total. The van der Waals surface area contributed by atoms with Gasteiger partial charge >= 0.3 is 0 Å². The lowest BCUT2D eigenvalue weighted by molar-refractivity contribution is 0.310. The predicted octanol–water partition coefficient (Wildman–Crippen LogP) is 4.71. The number of nitrogen functional groups attached to an aromatic ring is 1. The van der Waals surface area contributed by atoms with Gasteiger partial charge in [-0.15, -0.1) is 0 Å². The van der Waals surface area contributed by atoms with Gasteiger partial charge in [0.1, 0.15) is 5.75 Å². The van der Waals surface area contributed by atoms with Gasteiger partial charge in [-0.3, -0.25) is 0 Å². The Morgan fingerprint density at radius 3 is 2.57 bits per heavy atom. The normalized spacial score (nSPS) is 10.9. The third-order valence-corrected chi connectivity index (χ3v) is 3.69. The van der Waals surface area contributed by atoms with E-state index in [1.165, 1.54) is 16.7 Å². The molecule has 0 aliphatic carbocycles. The monoisotopic (exact) mass is 283 g/mol. The largest absolute Gasteiger partial charge is 0.494 e. The van der Waals surface area contributed by atoms with Gasteiger partial charge in [0.25, 0.3) is 0 Å². The Bertz CT molecular complexity index is 590. The van der Waals surface area contributed by atoms with E-state index in [0.717, 1.165) is 30.9 Å². The van der Waals surface area contributed by atoms with Crippen molar-refractivity contribution in [3.63, 3.8) is 0 Å². The van der Waals surface area contributed by atoms with Crippen molar-refractivity contribution in [2.45, 2.75) is 39.5 Å². The quantitative estimate of drug-likeness (QED) is 0.615. The molecule has 2 aromatic carbocycles. The molecule has 2 nitrogen and oxygen atoms in total. The molecule has 2 aromatic rings. The Labute approximate surface area is 127 Å². The summed E-state index contributed by atoms with van der Waals surface area (Å²) in [5.74, 6) is 1.52. The van der Waals surface area contributed by atoms with E-state index in [1.54, 1.807) is 0 Å². The Morgan fingerprint density at radius 1 is 1.10 bits per heavy atom. The van der Waals surface area contributed by atoms with Gasteiger partial charge < -0.3 is 10.5 Å². The first kappa shape index (κ1) is 15.4. The first-order valence-electron chi connectivity index (χ1n) is 7.64. The highest BCUT2D eigenvalue weighted by Crippen LogP contribution is 2.23. The van der Waals surface area contributed by atoms with Crippen LogP contribution in [0.25, 0.3) is 0 Å². The van der Waals surface area contributed by atoms with E-state index in [-0.39, 0.29) is 0 Å². The summed E-state index contributed by atoms with van der Waals surface area (Å²) in [5.41, 5.74) is 10.6. The third kappa shape index (κ3) is 4.52. The summed E-state index contributed by atoms with van der Waals surface area (Å²) in [4.78, 5) is 0. The summed E-state index contributed by atoms with van der Waals surface area (Å²) >= 11 is 0. The molecule has 0 aliphatic rings. The number of anilines is 1. The number of hydrogen-bond acceptors (Lipinski definition) is 2. The molecule has 0 aliphatic heterocycles. The molecule has 0 saturated heterocycles. The van der Waals surface area contributed by atoms with Gasteiger partial charge in [0.2, 0.25) is 0 Å². The molecule has 0 bridgehead atoms. The summed E-state index contributed by atoms with van der Waals surface area (Å²) in [6.07, 6.45) is 1.99. The van der Waals surface area contributed by atoms with E-state index >= 15 is 0 Å². The van der Waals surface area contributed by atoms with Crippen LogP contribution in [0.4, 0.5) is 5.69 Å². The van der Waals surface area contributed by atoms with Gasteiger partial charge in [0, 0.05) is 5.69 Å². The number of nitrogens with two attached hydrogens (primary N) is 1. The van der Waals surface area contributed by atoms with E-state index < -0.39 is 0 Å². The number of rotatable bonds is 6. The van der Waals surface area contributed by atoms with Crippen LogP contribution in [0, 0.1) is 6.92 Å². The zero-order chi connectivity index (χ0) is 15.2. The third-order valence-electron chi connectivity index (χ3n) is 3.69. The molecule has 112 valence electrons. The zero-order valence-corrected chi connectivity index (χ0v) is 13.2. The molecule has 0 spiro atoms. The van der Waals surface area contributed by atoms with Crippen LogP contribution in [0.3, 0.4) is 0 Å². The van der Waals surface area contributed by atoms with Crippen molar-refractivity contribution in [2.24, 2.45) is 0 Å². The lowest BCUT2D eigenvalue weighted by atomic mass is 9.98. The van der Waals surface area contributed by atoms with Gasteiger partial charge in [0.15, 0.2) is 0 Å². The second kappa shape index (κ2) is 7.16. The molecule has 0 unspecified atom stereocenters. The van der Waals surface area contributed by atoms with Crippen molar-refractivity contribution in [1.29, 1.82) is 0 Å². The van der Waals surface area contributed by atoms with Gasteiger partial charge in [-0.1, -0.05) is 32.0 Å². The standard InChI is InChI=1S/C19H25NO/c1-14(2)19-10-9-18(12-15(19)3)21-11-5-7-16-6-4-8-17(20)13-16/h4,6,8-10,12-14H,5,7,11,20H2,1-3H3. The molecule has 21 heavy (non-hydrogen) atoms. The summed E-state index contributed by atoms with van der Waals surface area (Å²) in [6, 6.07) is 14.4. The summed E-state index contributed by atoms with van der Waals surface area (Å²) in [5, 5.41) is 0. The van der Waals surface area contributed by atoms with Gasteiger partial charge in [-0.25, -0.2) is 0 Å². The van der Waals surface area contributed by atoms with E-state index in [4.69, 9.17) is 10.5 Å². The fourth-order valence-corrected chi connectivity index (χ4v) is 2.60. The fraction of sp³-hybridized carbons (Fsp3) is 0.368.